The Morgan fingerprint density at radius 3 is 2.50 bits per heavy atom. The summed E-state index contributed by atoms with van der Waals surface area (Å²) in [7, 11) is 1.70. The van der Waals surface area contributed by atoms with Crippen LogP contribution in [0.25, 0.3) is 0 Å². The van der Waals surface area contributed by atoms with Gasteiger partial charge in [0.05, 0.1) is 15.7 Å². The average Bonchev–Trinajstić information content (AvgIpc) is 2.42. The zero-order valence-corrected chi connectivity index (χ0v) is 12.7. The third-order valence-electron chi connectivity index (χ3n) is 3.00. The van der Waals surface area contributed by atoms with Crippen molar-refractivity contribution in [2.24, 2.45) is 0 Å². The number of carbonyl (C=O) groups is 1. The van der Waals surface area contributed by atoms with Gasteiger partial charge in [-0.15, -0.1) is 0 Å². The van der Waals surface area contributed by atoms with Crippen molar-refractivity contribution in [3.63, 3.8) is 0 Å². The van der Waals surface area contributed by atoms with Gasteiger partial charge in [0.25, 0.3) is 5.91 Å². The Balaban J connectivity index is 2.36. The number of benzene rings is 2. The van der Waals surface area contributed by atoms with Crippen LogP contribution in [0, 0.1) is 6.92 Å². The number of anilines is 2. The van der Waals surface area contributed by atoms with E-state index in [0.29, 0.717) is 11.3 Å². The van der Waals surface area contributed by atoms with E-state index >= 15 is 0 Å². The van der Waals surface area contributed by atoms with Crippen molar-refractivity contribution in [3.8, 4) is 0 Å². The van der Waals surface area contributed by atoms with Crippen LogP contribution in [0.5, 0.6) is 0 Å². The molecule has 0 aliphatic rings. The Hall–Kier alpha value is -1.71. The molecule has 0 bridgehead atoms. The molecular weight excluding hydrogens is 295 g/mol. The molecule has 0 saturated heterocycles. The third kappa shape index (κ3) is 2.89. The van der Waals surface area contributed by atoms with Crippen LogP contribution >= 0.6 is 23.2 Å². The molecule has 2 N–H and O–H groups in total. The van der Waals surface area contributed by atoms with Crippen molar-refractivity contribution < 1.29 is 4.79 Å². The van der Waals surface area contributed by atoms with Gasteiger partial charge in [0.15, 0.2) is 0 Å². The lowest BCUT2D eigenvalue weighted by Gasteiger charge is -2.18. The summed E-state index contributed by atoms with van der Waals surface area (Å²) in [6, 6.07) is 10.7. The van der Waals surface area contributed by atoms with Gasteiger partial charge in [-0.2, -0.15) is 0 Å². The van der Waals surface area contributed by atoms with Crippen LogP contribution in [0.15, 0.2) is 36.4 Å². The lowest BCUT2D eigenvalue weighted by atomic mass is 10.1. The minimum atomic E-state index is -0.194. The maximum absolute atomic E-state index is 12.4. The van der Waals surface area contributed by atoms with E-state index < -0.39 is 0 Å². The van der Waals surface area contributed by atoms with Crippen LogP contribution < -0.4 is 10.6 Å². The number of rotatable bonds is 2. The fraction of sp³-hybridized carbons (Fsp3) is 0.133. The van der Waals surface area contributed by atoms with Crippen LogP contribution in [0.3, 0.4) is 0 Å². The SMILES string of the molecule is Cc1cccc(N(C)C(=O)c2cc(N)c(Cl)c(Cl)c2)c1. The van der Waals surface area contributed by atoms with Crippen LogP contribution in [0.1, 0.15) is 15.9 Å². The van der Waals surface area contributed by atoms with E-state index in [9.17, 15) is 4.79 Å². The number of amides is 1. The topological polar surface area (TPSA) is 46.3 Å². The van der Waals surface area contributed by atoms with Crippen molar-refractivity contribution in [1.29, 1.82) is 0 Å². The second-order valence-electron chi connectivity index (χ2n) is 4.56. The maximum atomic E-state index is 12.4. The highest BCUT2D eigenvalue weighted by Crippen LogP contribution is 2.30. The highest BCUT2D eigenvalue weighted by atomic mass is 35.5. The molecule has 0 spiro atoms. The molecule has 2 aromatic rings. The fourth-order valence-corrected chi connectivity index (χ4v) is 2.22. The molecule has 1 amide bonds. The minimum absolute atomic E-state index is 0.194. The summed E-state index contributed by atoms with van der Waals surface area (Å²) < 4.78 is 0. The predicted octanol–water partition coefficient (Wildman–Crippen LogP) is 4.16. The Kier molecular flexibility index (Phi) is 4.21. The zero-order chi connectivity index (χ0) is 14.9. The standard InChI is InChI=1S/C15H14Cl2N2O/c1-9-4-3-5-11(6-9)19(2)15(20)10-7-12(16)14(17)13(18)8-10/h3-8H,18H2,1-2H3. The molecule has 20 heavy (non-hydrogen) atoms. The van der Waals surface area contributed by atoms with E-state index in [1.54, 1.807) is 11.9 Å². The van der Waals surface area contributed by atoms with E-state index in [1.165, 1.54) is 12.1 Å². The van der Waals surface area contributed by atoms with Crippen molar-refractivity contribution in [2.45, 2.75) is 6.92 Å². The first-order valence-electron chi connectivity index (χ1n) is 5.99. The van der Waals surface area contributed by atoms with Crippen molar-refractivity contribution in [1.82, 2.24) is 0 Å². The average molecular weight is 309 g/mol. The first kappa shape index (κ1) is 14.7. The second kappa shape index (κ2) is 5.73. The molecule has 0 heterocycles. The van der Waals surface area contributed by atoms with Gasteiger partial charge in [0.1, 0.15) is 0 Å². The maximum Gasteiger partial charge on any atom is 0.258 e. The normalized spacial score (nSPS) is 10.4. The molecule has 0 saturated carbocycles. The van der Waals surface area contributed by atoms with Gasteiger partial charge in [0, 0.05) is 18.3 Å². The molecule has 0 aromatic heterocycles. The van der Waals surface area contributed by atoms with Crippen LogP contribution in [0.2, 0.25) is 10.0 Å². The number of carbonyl (C=O) groups excluding carboxylic acids is 1. The summed E-state index contributed by atoms with van der Waals surface area (Å²) in [5.74, 6) is -0.194. The molecule has 0 radical (unpaired) electrons. The summed E-state index contributed by atoms with van der Waals surface area (Å²) in [5.41, 5.74) is 8.32. The molecule has 0 unspecified atom stereocenters. The van der Waals surface area contributed by atoms with E-state index in [4.69, 9.17) is 28.9 Å². The van der Waals surface area contributed by atoms with E-state index in [0.717, 1.165) is 11.3 Å². The molecule has 2 rings (SSSR count). The van der Waals surface area contributed by atoms with Gasteiger partial charge < -0.3 is 10.6 Å². The van der Waals surface area contributed by atoms with Crippen molar-refractivity contribution >= 4 is 40.5 Å². The molecule has 0 fully saturated rings. The van der Waals surface area contributed by atoms with Gasteiger partial charge in [0.2, 0.25) is 0 Å². The number of nitrogen functional groups attached to an aromatic ring is 1. The lowest BCUT2D eigenvalue weighted by molar-refractivity contribution is 0.0993. The molecule has 0 aliphatic heterocycles. The van der Waals surface area contributed by atoms with Crippen LogP contribution in [-0.2, 0) is 0 Å². The van der Waals surface area contributed by atoms with Gasteiger partial charge in [-0.25, -0.2) is 0 Å². The van der Waals surface area contributed by atoms with E-state index in [1.807, 2.05) is 31.2 Å². The number of halogens is 2. The van der Waals surface area contributed by atoms with E-state index in [2.05, 4.69) is 0 Å². The number of hydrogen-bond donors (Lipinski definition) is 1. The first-order chi connectivity index (χ1) is 9.40. The zero-order valence-electron chi connectivity index (χ0n) is 11.2. The summed E-state index contributed by atoms with van der Waals surface area (Å²) in [6.07, 6.45) is 0. The predicted molar refractivity (Wildman–Crippen MR) is 84.8 cm³/mol. The van der Waals surface area contributed by atoms with Gasteiger partial charge in [-0.1, -0.05) is 35.3 Å². The van der Waals surface area contributed by atoms with Crippen LogP contribution in [-0.4, -0.2) is 13.0 Å². The quantitative estimate of drug-likeness (QED) is 0.847. The van der Waals surface area contributed by atoms with E-state index in [-0.39, 0.29) is 16.0 Å². The molecule has 5 heteroatoms. The van der Waals surface area contributed by atoms with Crippen molar-refractivity contribution in [2.75, 3.05) is 17.7 Å². The highest BCUT2D eigenvalue weighted by Gasteiger charge is 2.16. The summed E-state index contributed by atoms with van der Waals surface area (Å²) >= 11 is 11.8. The molecule has 3 nitrogen and oxygen atoms in total. The second-order valence-corrected chi connectivity index (χ2v) is 5.35. The lowest BCUT2D eigenvalue weighted by Crippen LogP contribution is -2.26. The minimum Gasteiger partial charge on any atom is -0.397 e. The Labute approximate surface area is 127 Å². The summed E-state index contributed by atoms with van der Waals surface area (Å²) in [4.78, 5) is 14.0. The summed E-state index contributed by atoms with van der Waals surface area (Å²) in [6.45, 7) is 1.97. The monoisotopic (exact) mass is 308 g/mol. The molecule has 104 valence electrons. The van der Waals surface area contributed by atoms with Crippen molar-refractivity contribution in [3.05, 3.63) is 57.6 Å². The Bertz CT molecular complexity index is 648. The number of nitrogens with two attached hydrogens (primary N) is 1. The van der Waals surface area contributed by atoms with Gasteiger partial charge in [-0.05, 0) is 36.8 Å². The van der Waals surface area contributed by atoms with Gasteiger partial charge >= 0.3 is 0 Å². The third-order valence-corrected chi connectivity index (χ3v) is 3.81. The number of aryl methyl sites for hydroxylation is 1. The van der Waals surface area contributed by atoms with Gasteiger partial charge in [-0.3, -0.25) is 4.79 Å². The number of hydrogen-bond acceptors (Lipinski definition) is 2. The highest BCUT2D eigenvalue weighted by molar-refractivity contribution is 6.44. The molecule has 0 atom stereocenters. The first-order valence-corrected chi connectivity index (χ1v) is 6.75. The van der Waals surface area contributed by atoms with Crippen LogP contribution in [0.4, 0.5) is 11.4 Å². The molecule has 2 aromatic carbocycles. The fourth-order valence-electron chi connectivity index (χ4n) is 1.88. The summed E-state index contributed by atoms with van der Waals surface area (Å²) in [5, 5.41) is 0.536. The Morgan fingerprint density at radius 2 is 1.90 bits per heavy atom. The molecular formula is C15H14Cl2N2O. The smallest absolute Gasteiger partial charge is 0.258 e. The largest absolute Gasteiger partial charge is 0.397 e. The Morgan fingerprint density at radius 1 is 1.20 bits per heavy atom. The molecule has 0 aliphatic carbocycles. The number of nitrogens with zero attached hydrogens (tertiary/aromatic N) is 1.